The number of carbonyl (C=O) groups is 1. The first-order valence-electron chi connectivity index (χ1n) is 5.20. The molecule has 8 heteroatoms. The maximum absolute atomic E-state index is 13.3. The van der Waals surface area contributed by atoms with Gasteiger partial charge in [0.15, 0.2) is 0 Å². The molecule has 0 heterocycles. The van der Waals surface area contributed by atoms with Gasteiger partial charge < -0.3 is 5.32 Å². The molecule has 1 aromatic rings. The molecule has 0 aromatic heterocycles. The lowest BCUT2D eigenvalue weighted by Crippen LogP contribution is -2.27. The maximum Gasteiger partial charge on any atom is 0.389 e. The Labute approximate surface area is 114 Å². The zero-order valence-electron chi connectivity index (χ0n) is 9.45. The van der Waals surface area contributed by atoms with Gasteiger partial charge in [0.2, 0.25) is 0 Å². The van der Waals surface area contributed by atoms with Crippen molar-refractivity contribution >= 4 is 21.8 Å². The van der Waals surface area contributed by atoms with Gasteiger partial charge in [-0.1, -0.05) is 15.9 Å². The average Bonchev–Trinajstić information content (AvgIpc) is 2.21. The summed E-state index contributed by atoms with van der Waals surface area (Å²) in [5.41, 5.74) is -0.810. The molecular weight excluding hydrogens is 337 g/mol. The molecule has 19 heavy (non-hydrogen) atoms. The van der Waals surface area contributed by atoms with Gasteiger partial charge in [-0.3, -0.25) is 4.79 Å². The van der Waals surface area contributed by atoms with Crippen LogP contribution in [0.5, 0.6) is 0 Å². The minimum absolute atomic E-state index is 0.121. The minimum atomic E-state index is -4.32. The normalized spacial score (nSPS) is 11.5. The number of nitrogens with one attached hydrogen (secondary N) is 1. The fraction of sp³-hybridized carbons (Fsp3) is 0.364. The third kappa shape index (κ3) is 5.14. The summed E-state index contributed by atoms with van der Waals surface area (Å²) in [5, 5.41) is 2.04. The van der Waals surface area contributed by atoms with Crippen LogP contribution < -0.4 is 5.32 Å². The van der Waals surface area contributed by atoms with Gasteiger partial charge in [0.1, 0.15) is 17.2 Å². The second-order valence-electron chi connectivity index (χ2n) is 3.72. The van der Waals surface area contributed by atoms with E-state index in [1.54, 1.807) is 0 Å². The van der Waals surface area contributed by atoms with Gasteiger partial charge in [0.25, 0.3) is 5.91 Å². The molecule has 0 aliphatic heterocycles. The predicted octanol–water partition coefficient (Wildman–Crippen LogP) is 3.80. The van der Waals surface area contributed by atoms with Gasteiger partial charge in [-0.25, -0.2) is 8.78 Å². The Morgan fingerprint density at radius 2 is 1.74 bits per heavy atom. The van der Waals surface area contributed by atoms with E-state index in [0.29, 0.717) is 0 Å². The molecule has 0 saturated carbocycles. The van der Waals surface area contributed by atoms with Gasteiger partial charge in [-0.05, 0) is 18.6 Å². The van der Waals surface area contributed by atoms with Gasteiger partial charge in [0.05, 0.1) is 0 Å². The third-order valence-corrected chi connectivity index (χ3v) is 2.61. The molecule has 0 aliphatic rings. The first-order valence-corrected chi connectivity index (χ1v) is 5.99. The molecule has 0 aliphatic carbocycles. The van der Waals surface area contributed by atoms with Crippen molar-refractivity contribution in [1.82, 2.24) is 5.32 Å². The van der Waals surface area contributed by atoms with Crippen LogP contribution in [0.4, 0.5) is 22.0 Å². The standard InChI is InChI=1S/C11H9BrF5NO/c12-6-4-7(13)9(8(14)5-6)10(19)18-3-1-2-11(15,16)17/h4-5H,1-3H2,(H,18,19). The Kier molecular flexibility index (Phi) is 5.28. The van der Waals surface area contributed by atoms with E-state index < -0.39 is 35.7 Å². The summed E-state index contributed by atoms with van der Waals surface area (Å²) in [6.07, 6.45) is -5.74. The molecule has 1 N–H and O–H groups in total. The van der Waals surface area contributed by atoms with Crippen molar-refractivity contribution in [3.05, 3.63) is 33.8 Å². The van der Waals surface area contributed by atoms with Crippen molar-refractivity contribution in [3.8, 4) is 0 Å². The van der Waals surface area contributed by atoms with E-state index in [-0.39, 0.29) is 17.4 Å². The summed E-state index contributed by atoms with van der Waals surface area (Å²) < 4.78 is 62.3. The van der Waals surface area contributed by atoms with Crippen molar-refractivity contribution in [3.63, 3.8) is 0 Å². The Bertz CT molecular complexity index is 452. The third-order valence-electron chi connectivity index (χ3n) is 2.16. The van der Waals surface area contributed by atoms with Crippen molar-refractivity contribution in [2.45, 2.75) is 19.0 Å². The number of hydrogen-bond donors (Lipinski definition) is 1. The van der Waals surface area contributed by atoms with Crippen LogP contribution in [0.2, 0.25) is 0 Å². The van der Waals surface area contributed by atoms with Crippen LogP contribution in [0, 0.1) is 11.6 Å². The summed E-state index contributed by atoms with van der Waals surface area (Å²) in [6.45, 7) is -0.312. The maximum atomic E-state index is 13.3. The highest BCUT2D eigenvalue weighted by Gasteiger charge is 2.26. The lowest BCUT2D eigenvalue weighted by atomic mass is 10.2. The van der Waals surface area contributed by atoms with E-state index in [1.807, 2.05) is 5.32 Å². The molecule has 0 radical (unpaired) electrons. The summed E-state index contributed by atoms with van der Waals surface area (Å²) in [5.74, 6) is -3.25. The Balaban J connectivity index is 2.60. The van der Waals surface area contributed by atoms with Crippen molar-refractivity contribution in [1.29, 1.82) is 0 Å². The number of alkyl halides is 3. The number of carbonyl (C=O) groups excluding carboxylic acids is 1. The van der Waals surface area contributed by atoms with Gasteiger partial charge >= 0.3 is 6.18 Å². The minimum Gasteiger partial charge on any atom is -0.352 e. The number of rotatable bonds is 4. The topological polar surface area (TPSA) is 29.1 Å². The monoisotopic (exact) mass is 345 g/mol. The van der Waals surface area contributed by atoms with Gasteiger partial charge in [0, 0.05) is 17.4 Å². The van der Waals surface area contributed by atoms with E-state index in [9.17, 15) is 26.7 Å². The number of halogens is 6. The van der Waals surface area contributed by atoms with E-state index in [2.05, 4.69) is 15.9 Å². The number of benzene rings is 1. The zero-order valence-corrected chi connectivity index (χ0v) is 11.0. The fourth-order valence-corrected chi connectivity index (χ4v) is 1.74. The molecule has 0 bridgehead atoms. The number of hydrogen-bond acceptors (Lipinski definition) is 1. The van der Waals surface area contributed by atoms with Crippen molar-refractivity contribution in [2.24, 2.45) is 0 Å². The molecular formula is C11H9BrF5NO. The van der Waals surface area contributed by atoms with Crippen LogP contribution in [0.3, 0.4) is 0 Å². The lowest BCUT2D eigenvalue weighted by Gasteiger charge is -2.09. The highest BCUT2D eigenvalue weighted by Crippen LogP contribution is 2.21. The Morgan fingerprint density at radius 1 is 1.21 bits per heavy atom. The average molecular weight is 346 g/mol. The lowest BCUT2D eigenvalue weighted by molar-refractivity contribution is -0.135. The highest BCUT2D eigenvalue weighted by atomic mass is 79.9. The van der Waals surface area contributed by atoms with E-state index >= 15 is 0 Å². The Morgan fingerprint density at radius 3 is 2.21 bits per heavy atom. The molecule has 106 valence electrons. The second-order valence-corrected chi connectivity index (χ2v) is 4.63. The molecule has 0 atom stereocenters. The number of amides is 1. The zero-order chi connectivity index (χ0) is 14.6. The highest BCUT2D eigenvalue weighted by molar-refractivity contribution is 9.10. The second kappa shape index (κ2) is 6.31. The molecule has 2 nitrogen and oxygen atoms in total. The van der Waals surface area contributed by atoms with Crippen LogP contribution in [0.15, 0.2) is 16.6 Å². The van der Waals surface area contributed by atoms with Crippen molar-refractivity contribution < 1.29 is 26.7 Å². The summed E-state index contributed by atoms with van der Waals surface area (Å²) in [6, 6.07) is 1.79. The quantitative estimate of drug-likeness (QED) is 0.652. The van der Waals surface area contributed by atoms with Crippen LogP contribution in [0.25, 0.3) is 0 Å². The van der Waals surface area contributed by atoms with Crippen LogP contribution in [-0.4, -0.2) is 18.6 Å². The Hall–Kier alpha value is -1.18. The molecule has 0 fully saturated rings. The molecule has 0 saturated heterocycles. The van der Waals surface area contributed by atoms with E-state index in [0.717, 1.165) is 12.1 Å². The fourth-order valence-electron chi connectivity index (χ4n) is 1.34. The summed E-state index contributed by atoms with van der Waals surface area (Å²) >= 11 is 2.85. The molecule has 1 amide bonds. The smallest absolute Gasteiger partial charge is 0.352 e. The van der Waals surface area contributed by atoms with Crippen molar-refractivity contribution in [2.75, 3.05) is 6.54 Å². The van der Waals surface area contributed by atoms with Gasteiger partial charge in [-0.2, -0.15) is 13.2 Å². The van der Waals surface area contributed by atoms with E-state index in [4.69, 9.17) is 0 Å². The first kappa shape index (κ1) is 15.9. The van der Waals surface area contributed by atoms with Crippen LogP contribution in [-0.2, 0) is 0 Å². The largest absolute Gasteiger partial charge is 0.389 e. The first-order chi connectivity index (χ1) is 8.70. The van der Waals surface area contributed by atoms with Gasteiger partial charge in [-0.15, -0.1) is 0 Å². The molecule has 1 rings (SSSR count). The summed E-state index contributed by atoms with van der Waals surface area (Å²) in [7, 11) is 0. The van der Waals surface area contributed by atoms with E-state index in [1.165, 1.54) is 0 Å². The molecule has 1 aromatic carbocycles. The van der Waals surface area contributed by atoms with Crippen LogP contribution in [0.1, 0.15) is 23.2 Å². The summed E-state index contributed by atoms with van der Waals surface area (Å²) in [4.78, 5) is 11.4. The molecule has 0 spiro atoms. The molecule has 0 unspecified atom stereocenters. The predicted molar refractivity (Wildman–Crippen MR) is 61.7 cm³/mol. The SMILES string of the molecule is O=C(NCCCC(F)(F)F)c1c(F)cc(Br)cc1F. The van der Waals surface area contributed by atoms with Crippen LogP contribution >= 0.6 is 15.9 Å².